The molecule has 0 bridgehead atoms. The highest BCUT2D eigenvalue weighted by Crippen LogP contribution is 2.26. The Morgan fingerprint density at radius 2 is 2.07 bits per heavy atom. The van der Waals surface area contributed by atoms with Gasteiger partial charge in [-0.2, -0.15) is 11.8 Å². The molecule has 0 aromatic heterocycles. The van der Waals surface area contributed by atoms with Crippen molar-refractivity contribution in [1.82, 2.24) is 10.2 Å². The van der Waals surface area contributed by atoms with E-state index >= 15 is 0 Å². The van der Waals surface area contributed by atoms with E-state index in [0.717, 1.165) is 24.4 Å². The molecule has 2 atom stereocenters. The van der Waals surface area contributed by atoms with Crippen molar-refractivity contribution in [3.05, 3.63) is 0 Å². The van der Waals surface area contributed by atoms with Crippen molar-refractivity contribution >= 4 is 11.8 Å². The Balaban J connectivity index is 2.23. The quantitative estimate of drug-likeness (QED) is 0.778. The van der Waals surface area contributed by atoms with Gasteiger partial charge in [0.05, 0.1) is 0 Å². The Morgan fingerprint density at radius 1 is 1.40 bits per heavy atom. The second-order valence-corrected chi connectivity index (χ2v) is 7.33. The lowest BCUT2D eigenvalue weighted by Crippen LogP contribution is -2.41. The summed E-state index contributed by atoms with van der Waals surface area (Å²) in [5.74, 6) is 1.29. The van der Waals surface area contributed by atoms with Crippen molar-refractivity contribution in [1.29, 1.82) is 0 Å². The third-order valence-electron chi connectivity index (χ3n) is 2.81. The van der Waals surface area contributed by atoms with E-state index < -0.39 is 0 Å². The first-order valence-electron chi connectivity index (χ1n) is 5.89. The van der Waals surface area contributed by atoms with Gasteiger partial charge in [0.25, 0.3) is 0 Å². The first-order chi connectivity index (χ1) is 6.89. The molecule has 15 heavy (non-hydrogen) atoms. The Kier molecular flexibility index (Phi) is 4.94. The van der Waals surface area contributed by atoms with Crippen LogP contribution in [0.5, 0.6) is 0 Å². The molecule has 0 saturated carbocycles. The largest absolute Gasteiger partial charge is 0.313 e. The molecule has 0 spiro atoms. The third-order valence-corrected chi connectivity index (χ3v) is 4.17. The second kappa shape index (κ2) is 5.55. The minimum atomic E-state index is 0.375. The van der Waals surface area contributed by atoms with Gasteiger partial charge in [-0.05, 0) is 25.9 Å². The fourth-order valence-corrected chi connectivity index (χ4v) is 3.48. The summed E-state index contributed by atoms with van der Waals surface area (Å²) in [5, 5.41) is 4.56. The molecule has 0 radical (unpaired) electrons. The maximum atomic E-state index is 3.71. The van der Waals surface area contributed by atoms with E-state index in [1.165, 1.54) is 12.2 Å². The lowest BCUT2D eigenvalue weighted by atomic mass is 9.92. The standard InChI is InChI=1S/C12H26N2S/c1-10-6-11(7-15-10)13-8-12(2,3)9-14(4)5/h10-11,13H,6-9H2,1-5H3. The van der Waals surface area contributed by atoms with Crippen molar-refractivity contribution in [3.8, 4) is 0 Å². The molecule has 90 valence electrons. The van der Waals surface area contributed by atoms with E-state index in [4.69, 9.17) is 0 Å². The van der Waals surface area contributed by atoms with Crippen LogP contribution in [-0.4, -0.2) is 49.1 Å². The molecule has 1 heterocycles. The van der Waals surface area contributed by atoms with Crippen LogP contribution in [0.3, 0.4) is 0 Å². The zero-order chi connectivity index (χ0) is 11.5. The van der Waals surface area contributed by atoms with Gasteiger partial charge in [0.2, 0.25) is 0 Å². The number of thioether (sulfide) groups is 1. The molecule has 0 amide bonds. The summed E-state index contributed by atoms with van der Waals surface area (Å²) in [6, 6.07) is 0.742. The maximum Gasteiger partial charge on any atom is 0.0168 e. The summed E-state index contributed by atoms with van der Waals surface area (Å²) in [7, 11) is 4.30. The van der Waals surface area contributed by atoms with Crippen LogP contribution < -0.4 is 5.32 Å². The normalized spacial score (nSPS) is 27.6. The summed E-state index contributed by atoms with van der Waals surface area (Å²) in [6.45, 7) is 9.28. The van der Waals surface area contributed by atoms with E-state index in [1.54, 1.807) is 0 Å². The topological polar surface area (TPSA) is 15.3 Å². The molecule has 0 aromatic rings. The number of hydrogen-bond donors (Lipinski definition) is 1. The summed E-state index contributed by atoms with van der Waals surface area (Å²) < 4.78 is 0. The second-order valence-electron chi connectivity index (χ2n) is 5.86. The molecule has 1 fully saturated rings. The fourth-order valence-electron chi connectivity index (χ4n) is 2.29. The minimum Gasteiger partial charge on any atom is -0.313 e. The SMILES string of the molecule is CC1CC(NCC(C)(C)CN(C)C)CS1. The Bertz CT molecular complexity index is 192. The summed E-state index contributed by atoms with van der Waals surface area (Å²) in [5.41, 5.74) is 0.375. The molecular formula is C12H26N2S. The molecule has 2 nitrogen and oxygen atoms in total. The van der Waals surface area contributed by atoms with Crippen LogP contribution in [-0.2, 0) is 0 Å². The van der Waals surface area contributed by atoms with Crippen LogP contribution in [0.25, 0.3) is 0 Å². The van der Waals surface area contributed by atoms with Crippen LogP contribution in [0.15, 0.2) is 0 Å². The molecular weight excluding hydrogens is 204 g/mol. The van der Waals surface area contributed by atoms with Gasteiger partial charge in [0, 0.05) is 30.1 Å². The zero-order valence-electron chi connectivity index (χ0n) is 10.8. The molecule has 1 aliphatic rings. The highest BCUT2D eigenvalue weighted by molar-refractivity contribution is 8.00. The minimum absolute atomic E-state index is 0.375. The molecule has 0 aliphatic carbocycles. The van der Waals surface area contributed by atoms with Gasteiger partial charge in [-0.25, -0.2) is 0 Å². The molecule has 0 aromatic carbocycles. The molecule has 1 N–H and O–H groups in total. The monoisotopic (exact) mass is 230 g/mol. The lowest BCUT2D eigenvalue weighted by molar-refractivity contribution is 0.226. The first kappa shape index (κ1) is 13.3. The third kappa shape index (κ3) is 5.23. The molecule has 2 unspecified atom stereocenters. The van der Waals surface area contributed by atoms with Crippen molar-refractivity contribution < 1.29 is 0 Å². The van der Waals surface area contributed by atoms with E-state index in [0.29, 0.717) is 5.41 Å². The van der Waals surface area contributed by atoms with Crippen molar-refractivity contribution in [2.24, 2.45) is 5.41 Å². The van der Waals surface area contributed by atoms with Crippen LogP contribution in [0.2, 0.25) is 0 Å². The molecule has 3 heteroatoms. The Hall–Kier alpha value is 0.270. The van der Waals surface area contributed by atoms with Gasteiger partial charge in [0.1, 0.15) is 0 Å². The predicted octanol–water partition coefficient (Wildman–Crippen LogP) is 2.06. The van der Waals surface area contributed by atoms with Gasteiger partial charge < -0.3 is 10.2 Å². The van der Waals surface area contributed by atoms with Crippen LogP contribution in [0.4, 0.5) is 0 Å². The first-order valence-corrected chi connectivity index (χ1v) is 6.94. The molecule has 1 rings (SSSR count). The van der Waals surface area contributed by atoms with Crippen molar-refractivity contribution in [2.45, 2.75) is 38.5 Å². The van der Waals surface area contributed by atoms with Gasteiger partial charge >= 0.3 is 0 Å². The fraction of sp³-hybridized carbons (Fsp3) is 1.00. The summed E-state index contributed by atoms with van der Waals surface area (Å²) in [6.07, 6.45) is 1.34. The average molecular weight is 230 g/mol. The molecule has 1 aliphatic heterocycles. The smallest absolute Gasteiger partial charge is 0.0168 e. The van der Waals surface area contributed by atoms with E-state index in [2.05, 4.69) is 56.8 Å². The highest BCUT2D eigenvalue weighted by Gasteiger charge is 2.25. The zero-order valence-corrected chi connectivity index (χ0v) is 11.7. The maximum absolute atomic E-state index is 3.71. The van der Waals surface area contributed by atoms with Gasteiger partial charge in [-0.1, -0.05) is 20.8 Å². The average Bonchev–Trinajstić information content (AvgIpc) is 2.46. The van der Waals surface area contributed by atoms with Crippen LogP contribution in [0, 0.1) is 5.41 Å². The lowest BCUT2D eigenvalue weighted by Gasteiger charge is -2.30. The number of rotatable bonds is 5. The Labute approximate surface area is 99.2 Å². The van der Waals surface area contributed by atoms with Gasteiger partial charge in [-0.3, -0.25) is 0 Å². The van der Waals surface area contributed by atoms with E-state index in [9.17, 15) is 0 Å². The van der Waals surface area contributed by atoms with Gasteiger partial charge in [-0.15, -0.1) is 0 Å². The highest BCUT2D eigenvalue weighted by atomic mass is 32.2. The number of nitrogens with zero attached hydrogens (tertiary/aromatic N) is 1. The number of hydrogen-bond acceptors (Lipinski definition) is 3. The number of nitrogens with one attached hydrogen (secondary N) is 1. The predicted molar refractivity (Wildman–Crippen MR) is 70.7 cm³/mol. The van der Waals surface area contributed by atoms with Gasteiger partial charge in [0.15, 0.2) is 0 Å². The molecule has 1 saturated heterocycles. The van der Waals surface area contributed by atoms with Crippen LogP contribution in [0.1, 0.15) is 27.2 Å². The summed E-state index contributed by atoms with van der Waals surface area (Å²) in [4.78, 5) is 2.27. The van der Waals surface area contributed by atoms with E-state index in [-0.39, 0.29) is 0 Å². The summed E-state index contributed by atoms with van der Waals surface area (Å²) >= 11 is 2.10. The van der Waals surface area contributed by atoms with Crippen molar-refractivity contribution in [3.63, 3.8) is 0 Å². The Morgan fingerprint density at radius 3 is 2.53 bits per heavy atom. The van der Waals surface area contributed by atoms with Crippen molar-refractivity contribution in [2.75, 3.05) is 32.9 Å². The van der Waals surface area contributed by atoms with Crippen LogP contribution >= 0.6 is 11.8 Å². The van der Waals surface area contributed by atoms with E-state index in [1.807, 2.05) is 0 Å².